The lowest BCUT2D eigenvalue weighted by Gasteiger charge is -2.19. The van der Waals surface area contributed by atoms with E-state index in [0.29, 0.717) is 12.0 Å². The maximum absolute atomic E-state index is 5.40. The highest BCUT2D eigenvalue weighted by Gasteiger charge is 2.27. The lowest BCUT2D eigenvalue weighted by Crippen LogP contribution is -2.25. The largest absolute Gasteiger partial charge is 0.381 e. The Morgan fingerprint density at radius 2 is 2.57 bits per heavy atom. The van der Waals surface area contributed by atoms with Gasteiger partial charge in [-0.25, -0.2) is 4.98 Å². The van der Waals surface area contributed by atoms with Crippen LogP contribution < -0.4 is 5.32 Å². The van der Waals surface area contributed by atoms with E-state index in [2.05, 4.69) is 15.7 Å². The normalized spacial score (nSPS) is 24.0. The number of nitrogens with zero attached hydrogens (tertiary/aromatic N) is 1. The second kappa shape index (κ2) is 4.38. The van der Waals surface area contributed by atoms with Crippen LogP contribution in [-0.4, -0.2) is 25.2 Å². The first kappa shape index (κ1) is 10.1. The Bertz CT molecular complexity index is 294. The summed E-state index contributed by atoms with van der Waals surface area (Å²) in [4.78, 5) is 4.53. The van der Waals surface area contributed by atoms with Crippen LogP contribution in [-0.2, 0) is 4.74 Å². The van der Waals surface area contributed by atoms with Crippen LogP contribution in [0.3, 0.4) is 0 Å². The van der Waals surface area contributed by atoms with Gasteiger partial charge in [-0.3, -0.25) is 0 Å². The van der Waals surface area contributed by atoms with E-state index in [-0.39, 0.29) is 0 Å². The van der Waals surface area contributed by atoms with Gasteiger partial charge in [0, 0.05) is 17.9 Å². The van der Waals surface area contributed by atoms with Gasteiger partial charge in [-0.1, -0.05) is 0 Å². The van der Waals surface area contributed by atoms with Crippen LogP contribution in [0.2, 0.25) is 0 Å². The van der Waals surface area contributed by atoms with Crippen molar-refractivity contribution < 1.29 is 4.74 Å². The topological polar surface area (TPSA) is 34.2 Å². The van der Waals surface area contributed by atoms with Crippen LogP contribution >= 0.6 is 11.3 Å². The molecule has 0 aromatic carbocycles. The molecule has 2 heterocycles. The summed E-state index contributed by atoms with van der Waals surface area (Å²) in [6, 6.07) is 0.363. The first-order chi connectivity index (χ1) is 6.81. The number of nitrogens with one attached hydrogen (secondary N) is 1. The van der Waals surface area contributed by atoms with Crippen molar-refractivity contribution in [2.24, 2.45) is 5.92 Å². The molecule has 2 rings (SSSR count). The molecule has 3 nitrogen and oxygen atoms in total. The van der Waals surface area contributed by atoms with Crippen molar-refractivity contribution in [3.8, 4) is 0 Å². The van der Waals surface area contributed by atoms with E-state index in [9.17, 15) is 0 Å². The van der Waals surface area contributed by atoms with Crippen molar-refractivity contribution in [3.63, 3.8) is 0 Å². The van der Waals surface area contributed by atoms with E-state index in [1.54, 1.807) is 11.3 Å². The molecule has 2 atom stereocenters. The predicted molar refractivity (Wildman–Crippen MR) is 57.6 cm³/mol. The SMILES string of the molecule is CNC(c1csc(C)n1)C1CCOC1. The number of thiazole rings is 1. The Hall–Kier alpha value is -0.450. The fraction of sp³-hybridized carbons (Fsp3) is 0.700. The first-order valence-corrected chi connectivity index (χ1v) is 5.86. The maximum Gasteiger partial charge on any atom is 0.0898 e. The molecule has 78 valence electrons. The first-order valence-electron chi connectivity index (χ1n) is 4.98. The minimum Gasteiger partial charge on any atom is -0.381 e. The summed E-state index contributed by atoms with van der Waals surface area (Å²) in [7, 11) is 2.00. The molecule has 0 bridgehead atoms. The average Bonchev–Trinajstić information content (AvgIpc) is 2.79. The Labute approximate surface area is 88.5 Å². The molecular weight excluding hydrogens is 196 g/mol. The lowest BCUT2D eigenvalue weighted by molar-refractivity contribution is 0.177. The van der Waals surface area contributed by atoms with Crippen molar-refractivity contribution >= 4 is 11.3 Å². The molecule has 2 unspecified atom stereocenters. The van der Waals surface area contributed by atoms with Crippen molar-refractivity contribution in [1.29, 1.82) is 0 Å². The van der Waals surface area contributed by atoms with Crippen molar-refractivity contribution in [1.82, 2.24) is 10.3 Å². The zero-order valence-electron chi connectivity index (χ0n) is 8.62. The van der Waals surface area contributed by atoms with Gasteiger partial charge in [0.25, 0.3) is 0 Å². The van der Waals surface area contributed by atoms with Gasteiger partial charge in [0.05, 0.1) is 23.4 Å². The van der Waals surface area contributed by atoms with Gasteiger partial charge in [0.1, 0.15) is 0 Å². The molecular formula is C10H16N2OS. The molecule has 1 aromatic heterocycles. The number of aryl methyl sites for hydroxylation is 1. The van der Waals surface area contributed by atoms with Gasteiger partial charge in [-0.15, -0.1) is 11.3 Å². The van der Waals surface area contributed by atoms with Gasteiger partial charge >= 0.3 is 0 Å². The van der Waals surface area contributed by atoms with E-state index in [1.807, 2.05) is 14.0 Å². The number of aromatic nitrogens is 1. The second-order valence-electron chi connectivity index (χ2n) is 3.68. The summed E-state index contributed by atoms with van der Waals surface area (Å²) in [6.07, 6.45) is 1.14. The quantitative estimate of drug-likeness (QED) is 0.829. The zero-order valence-corrected chi connectivity index (χ0v) is 9.43. The number of rotatable bonds is 3. The summed E-state index contributed by atoms with van der Waals surface area (Å²) in [5.41, 5.74) is 1.17. The number of ether oxygens (including phenoxy) is 1. The van der Waals surface area contributed by atoms with E-state index in [0.717, 1.165) is 24.6 Å². The fourth-order valence-electron chi connectivity index (χ4n) is 1.96. The van der Waals surface area contributed by atoms with Crippen LogP contribution in [0.25, 0.3) is 0 Å². The molecule has 0 saturated carbocycles. The second-order valence-corrected chi connectivity index (χ2v) is 4.74. The van der Waals surface area contributed by atoms with E-state index in [4.69, 9.17) is 4.74 Å². The van der Waals surface area contributed by atoms with Gasteiger partial charge in [0.2, 0.25) is 0 Å². The smallest absolute Gasteiger partial charge is 0.0898 e. The maximum atomic E-state index is 5.40. The Kier molecular flexibility index (Phi) is 3.15. The third-order valence-corrected chi connectivity index (χ3v) is 3.49. The number of hydrogen-bond acceptors (Lipinski definition) is 4. The van der Waals surface area contributed by atoms with E-state index < -0.39 is 0 Å². The minimum atomic E-state index is 0.363. The molecule has 0 spiro atoms. The zero-order chi connectivity index (χ0) is 9.97. The third-order valence-electron chi connectivity index (χ3n) is 2.70. The standard InChI is InChI=1S/C10H16N2OS/c1-7-12-9(6-14-7)10(11-2)8-3-4-13-5-8/h6,8,10-11H,3-5H2,1-2H3. The molecule has 1 fully saturated rings. The van der Waals surface area contributed by atoms with Crippen molar-refractivity contribution in [2.75, 3.05) is 20.3 Å². The molecule has 0 radical (unpaired) electrons. The van der Waals surface area contributed by atoms with Crippen molar-refractivity contribution in [3.05, 3.63) is 16.1 Å². The molecule has 0 amide bonds. The summed E-state index contributed by atoms with van der Waals surface area (Å²) >= 11 is 1.71. The summed E-state index contributed by atoms with van der Waals surface area (Å²) in [6.45, 7) is 3.81. The highest BCUT2D eigenvalue weighted by Crippen LogP contribution is 2.28. The molecule has 0 aliphatic carbocycles. The van der Waals surface area contributed by atoms with E-state index in [1.165, 1.54) is 5.69 Å². The van der Waals surface area contributed by atoms with Crippen LogP contribution in [0.15, 0.2) is 5.38 Å². The van der Waals surface area contributed by atoms with Crippen molar-refractivity contribution in [2.45, 2.75) is 19.4 Å². The summed E-state index contributed by atoms with van der Waals surface area (Å²) in [5, 5.41) is 6.62. The minimum absolute atomic E-state index is 0.363. The molecule has 4 heteroatoms. The van der Waals surface area contributed by atoms with Crippen LogP contribution in [0.5, 0.6) is 0 Å². The highest BCUT2D eigenvalue weighted by molar-refractivity contribution is 7.09. The average molecular weight is 212 g/mol. The lowest BCUT2D eigenvalue weighted by atomic mass is 9.97. The van der Waals surface area contributed by atoms with Crippen LogP contribution in [0.4, 0.5) is 0 Å². The highest BCUT2D eigenvalue weighted by atomic mass is 32.1. The monoisotopic (exact) mass is 212 g/mol. The third kappa shape index (κ3) is 1.97. The van der Waals surface area contributed by atoms with Gasteiger partial charge in [-0.05, 0) is 20.4 Å². The van der Waals surface area contributed by atoms with Crippen LogP contribution in [0, 0.1) is 12.8 Å². The molecule has 1 N–H and O–H groups in total. The Morgan fingerprint density at radius 1 is 1.71 bits per heavy atom. The molecule has 1 saturated heterocycles. The molecule has 1 aliphatic rings. The van der Waals surface area contributed by atoms with Gasteiger partial charge < -0.3 is 10.1 Å². The summed E-state index contributed by atoms with van der Waals surface area (Å²) < 4.78 is 5.40. The Balaban J connectivity index is 2.12. The van der Waals surface area contributed by atoms with E-state index >= 15 is 0 Å². The summed E-state index contributed by atoms with van der Waals surface area (Å²) in [5.74, 6) is 0.585. The number of hydrogen-bond donors (Lipinski definition) is 1. The van der Waals surface area contributed by atoms with Gasteiger partial charge in [0.15, 0.2) is 0 Å². The molecule has 1 aliphatic heterocycles. The van der Waals surface area contributed by atoms with Gasteiger partial charge in [-0.2, -0.15) is 0 Å². The predicted octanol–water partition coefficient (Wildman–Crippen LogP) is 1.75. The fourth-order valence-corrected chi connectivity index (χ4v) is 2.61. The Morgan fingerprint density at radius 3 is 3.07 bits per heavy atom. The molecule has 1 aromatic rings. The molecule has 14 heavy (non-hydrogen) atoms. The van der Waals surface area contributed by atoms with Crippen LogP contribution in [0.1, 0.15) is 23.2 Å².